The van der Waals surface area contributed by atoms with E-state index < -0.39 is 40.8 Å². The summed E-state index contributed by atoms with van der Waals surface area (Å²) in [6, 6.07) is 11.1. The Morgan fingerprint density at radius 1 is 0.946 bits per heavy atom. The molecule has 37 heavy (non-hydrogen) atoms. The second-order valence-electron chi connectivity index (χ2n) is 10.0. The largest absolute Gasteiger partial charge is 0.416 e. The molecule has 4 rings (SSSR count). The van der Waals surface area contributed by atoms with Crippen molar-refractivity contribution in [3.05, 3.63) is 70.8 Å². The summed E-state index contributed by atoms with van der Waals surface area (Å²) in [7, 11) is 0. The Bertz CT molecular complexity index is 1040. The maximum atomic E-state index is 13.4. The van der Waals surface area contributed by atoms with E-state index in [4.69, 9.17) is 0 Å². The Balaban J connectivity index is 1.59. The summed E-state index contributed by atoms with van der Waals surface area (Å²) in [6.07, 6.45) is -7.04. The minimum atomic E-state index is -4.97. The number of carbonyl (C=O) groups excluding carboxylic acids is 1. The molecule has 2 aromatic carbocycles. The summed E-state index contributed by atoms with van der Waals surface area (Å²) in [5, 5.41) is 6.39. The maximum Gasteiger partial charge on any atom is 0.416 e. The van der Waals surface area contributed by atoms with Crippen molar-refractivity contribution in [3.63, 3.8) is 0 Å². The number of halogens is 6. The molecular weight excluding hydrogens is 496 g/mol. The van der Waals surface area contributed by atoms with Crippen LogP contribution in [0.15, 0.2) is 48.5 Å². The number of amides is 1. The summed E-state index contributed by atoms with van der Waals surface area (Å²) in [6.45, 7) is 5.08. The molecule has 2 aliphatic rings. The first-order valence-corrected chi connectivity index (χ1v) is 12.5. The number of nitrogens with zero attached hydrogens (tertiary/aromatic N) is 1. The number of piperazine rings is 1. The molecule has 10 heteroatoms. The van der Waals surface area contributed by atoms with Crippen molar-refractivity contribution in [3.8, 4) is 0 Å². The fraction of sp³-hybridized carbons (Fsp3) is 0.519. The first-order valence-electron chi connectivity index (χ1n) is 12.5. The van der Waals surface area contributed by atoms with E-state index in [-0.39, 0.29) is 11.6 Å². The van der Waals surface area contributed by atoms with E-state index in [0.29, 0.717) is 31.0 Å². The molecule has 2 N–H and O–H groups in total. The molecule has 202 valence electrons. The van der Waals surface area contributed by atoms with E-state index >= 15 is 0 Å². The van der Waals surface area contributed by atoms with Gasteiger partial charge >= 0.3 is 12.4 Å². The minimum absolute atomic E-state index is 0.0803. The number of rotatable bonds is 5. The van der Waals surface area contributed by atoms with Crippen LogP contribution in [0.5, 0.6) is 0 Å². The van der Waals surface area contributed by atoms with Crippen molar-refractivity contribution < 1.29 is 31.1 Å². The number of benzene rings is 2. The van der Waals surface area contributed by atoms with Crippen LogP contribution in [0.4, 0.5) is 26.3 Å². The van der Waals surface area contributed by atoms with E-state index in [0.717, 1.165) is 44.6 Å². The van der Waals surface area contributed by atoms with Gasteiger partial charge in [0.2, 0.25) is 5.91 Å². The molecule has 1 unspecified atom stereocenters. The summed E-state index contributed by atoms with van der Waals surface area (Å²) in [5.74, 6) is -1.81. The molecule has 1 atom stereocenters. The SMILES string of the molecule is CC(C(=O)NC1(c2ccccc2)CCC(N2CCNCC2)CC1)c1cc(C(F)(F)F)cc(C(F)(F)F)c1. The fourth-order valence-electron chi connectivity index (χ4n) is 5.48. The zero-order valence-corrected chi connectivity index (χ0v) is 20.6. The average Bonchev–Trinajstić information content (AvgIpc) is 2.88. The van der Waals surface area contributed by atoms with Crippen LogP contribution in [0.2, 0.25) is 0 Å². The van der Waals surface area contributed by atoms with Gasteiger partial charge in [-0.25, -0.2) is 0 Å². The quantitative estimate of drug-likeness (QED) is 0.492. The Labute approximate surface area is 212 Å². The van der Waals surface area contributed by atoms with Crippen molar-refractivity contribution in [2.45, 2.75) is 62.5 Å². The smallest absolute Gasteiger partial charge is 0.346 e. The molecular formula is C27H31F6N3O. The number of hydrogen-bond donors (Lipinski definition) is 2. The van der Waals surface area contributed by atoms with Gasteiger partial charge in [-0.1, -0.05) is 30.3 Å². The highest BCUT2D eigenvalue weighted by Crippen LogP contribution is 2.41. The van der Waals surface area contributed by atoms with Crippen molar-refractivity contribution in [2.75, 3.05) is 26.2 Å². The predicted octanol–water partition coefficient (Wildman–Crippen LogP) is 5.69. The summed E-state index contributed by atoms with van der Waals surface area (Å²) in [5.41, 5.74) is -3.03. The first-order chi connectivity index (χ1) is 17.4. The molecule has 0 spiro atoms. The highest BCUT2D eigenvalue weighted by atomic mass is 19.4. The number of carbonyl (C=O) groups is 1. The molecule has 0 bridgehead atoms. The van der Waals surface area contributed by atoms with E-state index in [1.54, 1.807) is 0 Å². The molecule has 1 aliphatic carbocycles. The first kappa shape index (κ1) is 27.4. The van der Waals surface area contributed by atoms with Gasteiger partial charge in [0.25, 0.3) is 0 Å². The Hall–Kier alpha value is -2.59. The molecule has 1 saturated carbocycles. The number of nitrogens with one attached hydrogen (secondary N) is 2. The Morgan fingerprint density at radius 2 is 1.49 bits per heavy atom. The van der Waals surface area contributed by atoms with Crippen molar-refractivity contribution in [1.29, 1.82) is 0 Å². The van der Waals surface area contributed by atoms with Crippen molar-refractivity contribution >= 4 is 5.91 Å². The van der Waals surface area contributed by atoms with E-state index in [2.05, 4.69) is 15.5 Å². The van der Waals surface area contributed by atoms with Crippen molar-refractivity contribution in [1.82, 2.24) is 15.5 Å². The average molecular weight is 528 g/mol. The van der Waals surface area contributed by atoms with Crippen LogP contribution in [0.25, 0.3) is 0 Å². The standard InChI is InChI=1S/C27H31F6N3O/c1-18(19-15-21(26(28,29)30)17-22(16-19)27(31,32)33)24(37)35-25(20-5-3-2-4-6-20)9-7-23(8-10-25)36-13-11-34-12-14-36/h2-6,15-18,23,34H,7-14H2,1H3,(H,35,37). The third-order valence-electron chi connectivity index (χ3n) is 7.67. The second kappa shape index (κ2) is 10.6. The molecule has 2 fully saturated rings. The molecule has 1 amide bonds. The van der Waals surface area contributed by atoms with Crippen LogP contribution >= 0.6 is 0 Å². The van der Waals surface area contributed by atoms with Gasteiger partial charge in [0, 0.05) is 32.2 Å². The zero-order valence-electron chi connectivity index (χ0n) is 20.6. The lowest BCUT2D eigenvalue weighted by Crippen LogP contribution is -2.54. The van der Waals surface area contributed by atoms with E-state index in [1.165, 1.54) is 6.92 Å². The monoisotopic (exact) mass is 527 g/mol. The number of alkyl halides is 6. The Morgan fingerprint density at radius 3 is 2.00 bits per heavy atom. The van der Waals surface area contributed by atoms with Gasteiger partial charge < -0.3 is 10.6 Å². The molecule has 4 nitrogen and oxygen atoms in total. The summed E-state index contributed by atoms with van der Waals surface area (Å²) < 4.78 is 80.2. The molecule has 1 saturated heterocycles. The minimum Gasteiger partial charge on any atom is -0.346 e. The predicted molar refractivity (Wildman–Crippen MR) is 128 cm³/mol. The molecule has 1 aliphatic heterocycles. The molecule has 2 aromatic rings. The van der Waals surface area contributed by atoms with Gasteiger partial charge in [-0.05, 0) is 61.9 Å². The van der Waals surface area contributed by atoms with Crippen LogP contribution in [0.3, 0.4) is 0 Å². The molecule has 1 heterocycles. The third kappa shape index (κ3) is 6.29. The molecule has 0 radical (unpaired) electrons. The highest BCUT2D eigenvalue weighted by Gasteiger charge is 2.42. The fourth-order valence-corrected chi connectivity index (χ4v) is 5.48. The summed E-state index contributed by atoms with van der Waals surface area (Å²) >= 11 is 0. The lowest BCUT2D eigenvalue weighted by atomic mass is 9.74. The van der Waals surface area contributed by atoms with E-state index in [9.17, 15) is 31.1 Å². The van der Waals surface area contributed by atoms with Gasteiger partial charge in [0.1, 0.15) is 0 Å². The van der Waals surface area contributed by atoms with Gasteiger partial charge in [-0.15, -0.1) is 0 Å². The van der Waals surface area contributed by atoms with E-state index in [1.807, 2.05) is 30.3 Å². The second-order valence-corrected chi connectivity index (χ2v) is 10.0. The lowest BCUT2D eigenvalue weighted by Gasteiger charge is -2.45. The van der Waals surface area contributed by atoms with Gasteiger partial charge in [-0.3, -0.25) is 9.69 Å². The van der Waals surface area contributed by atoms with Crippen LogP contribution in [0.1, 0.15) is 60.8 Å². The van der Waals surface area contributed by atoms with Gasteiger partial charge in [-0.2, -0.15) is 26.3 Å². The van der Waals surface area contributed by atoms with Crippen LogP contribution in [-0.2, 0) is 22.7 Å². The van der Waals surface area contributed by atoms with Gasteiger partial charge in [0.15, 0.2) is 0 Å². The lowest BCUT2D eigenvalue weighted by molar-refractivity contribution is -0.143. The Kier molecular flexibility index (Phi) is 7.90. The zero-order chi connectivity index (χ0) is 26.8. The van der Waals surface area contributed by atoms with Crippen molar-refractivity contribution in [2.24, 2.45) is 0 Å². The highest BCUT2D eigenvalue weighted by molar-refractivity contribution is 5.84. The summed E-state index contributed by atoms with van der Waals surface area (Å²) in [4.78, 5) is 15.8. The van der Waals surface area contributed by atoms with Crippen LogP contribution in [0, 0.1) is 0 Å². The van der Waals surface area contributed by atoms with Gasteiger partial charge in [0.05, 0.1) is 22.6 Å². The third-order valence-corrected chi connectivity index (χ3v) is 7.67. The van der Waals surface area contributed by atoms with Crippen LogP contribution < -0.4 is 10.6 Å². The molecule has 0 aromatic heterocycles. The van der Waals surface area contributed by atoms with Crippen LogP contribution in [-0.4, -0.2) is 43.0 Å². The topological polar surface area (TPSA) is 44.4 Å². The maximum absolute atomic E-state index is 13.4. The normalized spacial score (nSPS) is 24.5. The number of hydrogen-bond acceptors (Lipinski definition) is 3.